The fourth-order valence-electron chi connectivity index (χ4n) is 1.00. The third-order valence-electron chi connectivity index (χ3n) is 2.42. The van der Waals surface area contributed by atoms with Crippen LogP contribution in [0.4, 0.5) is 5.82 Å². The van der Waals surface area contributed by atoms with Crippen molar-refractivity contribution in [1.29, 1.82) is 0 Å². The number of nitrogens with one attached hydrogen (secondary N) is 1. The predicted molar refractivity (Wildman–Crippen MR) is 63.8 cm³/mol. The van der Waals surface area contributed by atoms with E-state index in [1.54, 1.807) is 13.3 Å². The Morgan fingerprint density at radius 3 is 2.53 bits per heavy atom. The van der Waals surface area contributed by atoms with E-state index in [0.29, 0.717) is 0 Å². The van der Waals surface area contributed by atoms with Gasteiger partial charge >= 0.3 is 0 Å². The van der Waals surface area contributed by atoms with Crippen LogP contribution in [-0.4, -0.2) is 23.0 Å². The molecule has 0 bridgehead atoms. The largest absolute Gasteiger partial charge is 0.495 e. The molecule has 0 fully saturated rings. The second-order valence-electron chi connectivity index (χ2n) is 4.05. The van der Waals surface area contributed by atoms with Crippen molar-refractivity contribution in [2.24, 2.45) is 0 Å². The highest BCUT2D eigenvalue weighted by Crippen LogP contribution is 2.21. The Morgan fingerprint density at radius 2 is 2.13 bits per heavy atom. The molecular formula is C11H17ClN2O. The van der Waals surface area contributed by atoms with E-state index in [0.717, 1.165) is 11.6 Å². The van der Waals surface area contributed by atoms with E-state index in [-0.39, 0.29) is 10.9 Å². The minimum absolute atomic E-state index is 0.0152. The molecule has 1 atom stereocenters. The van der Waals surface area contributed by atoms with Gasteiger partial charge in [-0.25, -0.2) is 4.98 Å². The molecule has 0 amide bonds. The molecule has 84 valence electrons. The lowest BCUT2D eigenvalue weighted by Gasteiger charge is -2.29. The molecule has 1 aromatic rings. The number of hydrogen-bond acceptors (Lipinski definition) is 3. The molecule has 0 saturated carbocycles. The summed E-state index contributed by atoms with van der Waals surface area (Å²) in [5.74, 6) is 1.55. The predicted octanol–water partition coefficient (Wildman–Crippen LogP) is 2.91. The molecule has 1 heterocycles. The van der Waals surface area contributed by atoms with Gasteiger partial charge in [0.05, 0.1) is 18.7 Å². The molecule has 0 aromatic carbocycles. The minimum Gasteiger partial charge on any atom is -0.495 e. The summed E-state index contributed by atoms with van der Waals surface area (Å²) in [6, 6.07) is 3.74. The smallest absolute Gasteiger partial charge is 0.137 e. The standard InChI is InChI=1S/C11H17ClN2O/c1-8(12)11(2,3)14-10-6-5-9(15-4)7-13-10/h5-8H,1-4H3,(H,13,14). The summed E-state index contributed by atoms with van der Waals surface area (Å²) >= 11 is 6.06. The number of nitrogens with zero attached hydrogens (tertiary/aromatic N) is 1. The normalized spacial score (nSPS) is 13.4. The van der Waals surface area contributed by atoms with Crippen LogP contribution < -0.4 is 10.1 Å². The van der Waals surface area contributed by atoms with Gasteiger partial charge in [0.25, 0.3) is 0 Å². The van der Waals surface area contributed by atoms with Crippen LogP contribution >= 0.6 is 11.6 Å². The first-order valence-corrected chi connectivity index (χ1v) is 5.31. The quantitative estimate of drug-likeness (QED) is 0.805. The average molecular weight is 229 g/mol. The molecule has 4 heteroatoms. The summed E-state index contributed by atoms with van der Waals surface area (Å²) in [6.07, 6.45) is 1.68. The first-order valence-electron chi connectivity index (χ1n) is 4.88. The Hall–Kier alpha value is -0.960. The zero-order valence-corrected chi connectivity index (χ0v) is 10.3. The molecule has 0 spiro atoms. The summed E-state index contributed by atoms with van der Waals surface area (Å²) in [6.45, 7) is 6.03. The van der Waals surface area contributed by atoms with Crippen LogP contribution in [0.15, 0.2) is 18.3 Å². The molecule has 0 aliphatic heterocycles. The Morgan fingerprint density at radius 1 is 1.47 bits per heavy atom. The summed E-state index contributed by atoms with van der Waals surface area (Å²) in [5.41, 5.74) is -0.191. The fraction of sp³-hybridized carbons (Fsp3) is 0.545. The van der Waals surface area contributed by atoms with Gasteiger partial charge < -0.3 is 10.1 Å². The van der Waals surface area contributed by atoms with Crippen LogP contribution in [0.2, 0.25) is 0 Å². The maximum absolute atomic E-state index is 6.06. The number of halogens is 1. The highest BCUT2D eigenvalue weighted by atomic mass is 35.5. The highest BCUT2D eigenvalue weighted by Gasteiger charge is 2.23. The highest BCUT2D eigenvalue weighted by molar-refractivity contribution is 6.21. The van der Waals surface area contributed by atoms with E-state index in [2.05, 4.69) is 10.3 Å². The molecule has 1 rings (SSSR count). The molecule has 0 aliphatic carbocycles. The van der Waals surface area contributed by atoms with Crippen molar-refractivity contribution in [3.8, 4) is 5.75 Å². The van der Waals surface area contributed by atoms with Crippen molar-refractivity contribution < 1.29 is 4.74 Å². The van der Waals surface area contributed by atoms with Gasteiger partial charge in [0.2, 0.25) is 0 Å². The van der Waals surface area contributed by atoms with E-state index in [1.807, 2.05) is 32.9 Å². The van der Waals surface area contributed by atoms with Crippen molar-refractivity contribution >= 4 is 17.4 Å². The number of alkyl halides is 1. The molecule has 3 nitrogen and oxygen atoms in total. The van der Waals surface area contributed by atoms with Crippen molar-refractivity contribution in [3.63, 3.8) is 0 Å². The third kappa shape index (κ3) is 3.27. The van der Waals surface area contributed by atoms with Crippen LogP contribution in [0.3, 0.4) is 0 Å². The summed E-state index contributed by atoms with van der Waals surface area (Å²) in [4.78, 5) is 4.22. The van der Waals surface area contributed by atoms with Gasteiger partial charge in [-0.15, -0.1) is 11.6 Å². The van der Waals surface area contributed by atoms with E-state index in [1.165, 1.54) is 0 Å². The monoisotopic (exact) mass is 228 g/mol. The maximum atomic E-state index is 6.06. The van der Waals surface area contributed by atoms with Crippen LogP contribution in [0.25, 0.3) is 0 Å². The number of anilines is 1. The van der Waals surface area contributed by atoms with Crippen LogP contribution in [0.5, 0.6) is 5.75 Å². The number of pyridine rings is 1. The average Bonchev–Trinajstić information content (AvgIpc) is 2.18. The zero-order chi connectivity index (χ0) is 11.5. The Bertz CT molecular complexity index is 309. The fourth-order valence-corrected chi connectivity index (χ4v) is 1.06. The van der Waals surface area contributed by atoms with Gasteiger partial charge in [0, 0.05) is 5.54 Å². The van der Waals surface area contributed by atoms with Crippen molar-refractivity contribution in [1.82, 2.24) is 4.98 Å². The van der Waals surface area contributed by atoms with Crippen LogP contribution in [-0.2, 0) is 0 Å². The molecule has 0 aliphatic rings. The molecule has 15 heavy (non-hydrogen) atoms. The molecular weight excluding hydrogens is 212 g/mol. The van der Waals surface area contributed by atoms with E-state index < -0.39 is 0 Å². The molecule has 0 saturated heterocycles. The van der Waals surface area contributed by atoms with Gasteiger partial charge in [0.15, 0.2) is 0 Å². The van der Waals surface area contributed by atoms with E-state index >= 15 is 0 Å². The number of hydrogen-bond donors (Lipinski definition) is 1. The minimum atomic E-state index is -0.191. The summed E-state index contributed by atoms with van der Waals surface area (Å²) in [7, 11) is 1.62. The maximum Gasteiger partial charge on any atom is 0.137 e. The summed E-state index contributed by atoms with van der Waals surface area (Å²) in [5, 5.41) is 3.29. The molecule has 0 radical (unpaired) electrons. The van der Waals surface area contributed by atoms with E-state index in [9.17, 15) is 0 Å². The second kappa shape index (κ2) is 4.71. The number of aromatic nitrogens is 1. The molecule has 1 N–H and O–H groups in total. The number of ether oxygens (including phenoxy) is 1. The number of methoxy groups -OCH3 is 1. The van der Waals surface area contributed by atoms with Gasteiger partial charge in [-0.3, -0.25) is 0 Å². The number of rotatable bonds is 4. The van der Waals surface area contributed by atoms with Gasteiger partial charge in [-0.05, 0) is 32.9 Å². The van der Waals surface area contributed by atoms with Crippen LogP contribution in [0.1, 0.15) is 20.8 Å². The van der Waals surface area contributed by atoms with Crippen molar-refractivity contribution in [2.75, 3.05) is 12.4 Å². The van der Waals surface area contributed by atoms with Gasteiger partial charge in [-0.2, -0.15) is 0 Å². The van der Waals surface area contributed by atoms with Gasteiger partial charge in [-0.1, -0.05) is 0 Å². The Balaban J connectivity index is 2.73. The van der Waals surface area contributed by atoms with Crippen molar-refractivity contribution in [2.45, 2.75) is 31.7 Å². The Kier molecular flexibility index (Phi) is 3.80. The topological polar surface area (TPSA) is 34.1 Å². The van der Waals surface area contributed by atoms with Gasteiger partial charge in [0.1, 0.15) is 11.6 Å². The first kappa shape index (κ1) is 12.1. The first-order chi connectivity index (χ1) is 6.95. The lowest BCUT2D eigenvalue weighted by Crippen LogP contribution is -2.39. The van der Waals surface area contributed by atoms with Crippen molar-refractivity contribution in [3.05, 3.63) is 18.3 Å². The van der Waals surface area contributed by atoms with Crippen LogP contribution in [0, 0.1) is 0 Å². The molecule has 1 aromatic heterocycles. The molecule has 1 unspecified atom stereocenters. The summed E-state index contributed by atoms with van der Waals surface area (Å²) < 4.78 is 5.03. The Labute approximate surface area is 95.8 Å². The zero-order valence-electron chi connectivity index (χ0n) is 9.54. The second-order valence-corrected chi connectivity index (χ2v) is 4.70. The lowest BCUT2D eigenvalue weighted by atomic mass is 10.0. The van der Waals surface area contributed by atoms with E-state index in [4.69, 9.17) is 16.3 Å². The SMILES string of the molecule is COc1ccc(NC(C)(C)C(C)Cl)nc1. The third-order valence-corrected chi connectivity index (χ3v) is 2.96. The lowest BCUT2D eigenvalue weighted by molar-refractivity contribution is 0.413.